The van der Waals surface area contributed by atoms with E-state index >= 15 is 0 Å². The minimum absolute atomic E-state index is 0.147. The molecule has 0 unspecified atom stereocenters. The van der Waals surface area contributed by atoms with Gasteiger partial charge in [-0.1, -0.05) is 12.1 Å². The van der Waals surface area contributed by atoms with E-state index in [-0.39, 0.29) is 12.0 Å². The normalized spacial score (nSPS) is 10.8. The molecule has 0 saturated carbocycles. The Morgan fingerprint density at radius 2 is 1.89 bits per heavy atom. The van der Waals surface area contributed by atoms with E-state index in [1.165, 1.54) is 9.75 Å². The van der Waals surface area contributed by atoms with Gasteiger partial charge in [-0.15, -0.1) is 22.7 Å². The molecule has 2 rings (SSSR count). The van der Waals surface area contributed by atoms with Crippen molar-refractivity contribution in [3.05, 3.63) is 44.8 Å². The lowest BCUT2D eigenvalue weighted by molar-refractivity contribution is -0.142. The maximum atomic E-state index is 11.3. The lowest BCUT2D eigenvalue weighted by atomic mass is 10.2. The maximum absolute atomic E-state index is 11.3. The summed E-state index contributed by atoms with van der Waals surface area (Å²) in [4.78, 5) is 13.9. The SMILES string of the molecule is CCOC(=O)CCNC(c1cccs1)c1cccs1. The fourth-order valence-electron chi connectivity index (χ4n) is 1.80. The van der Waals surface area contributed by atoms with E-state index in [4.69, 9.17) is 4.74 Å². The molecule has 1 N–H and O–H groups in total. The molecule has 0 aliphatic carbocycles. The van der Waals surface area contributed by atoms with Gasteiger partial charge in [-0.05, 0) is 29.8 Å². The van der Waals surface area contributed by atoms with Gasteiger partial charge in [-0.3, -0.25) is 4.79 Å². The van der Waals surface area contributed by atoms with Crippen LogP contribution in [0.4, 0.5) is 0 Å². The van der Waals surface area contributed by atoms with Gasteiger partial charge in [-0.25, -0.2) is 0 Å². The Morgan fingerprint density at radius 1 is 1.26 bits per heavy atom. The summed E-state index contributed by atoms with van der Waals surface area (Å²) in [6, 6.07) is 8.51. The Labute approximate surface area is 121 Å². The lowest BCUT2D eigenvalue weighted by Crippen LogP contribution is -2.24. The highest BCUT2D eigenvalue weighted by atomic mass is 32.1. The van der Waals surface area contributed by atoms with E-state index < -0.39 is 0 Å². The van der Waals surface area contributed by atoms with E-state index in [1.54, 1.807) is 22.7 Å². The molecule has 0 aromatic carbocycles. The molecule has 102 valence electrons. The topological polar surface area (TPSA) is 38.3 Å². The zero-order chi connectivity index (χ0) is 13.5. The zero-order valence-corrected chi connectivity index (χ0v) is 12.4. The van der Waals surface area contributed by atoms with Crippen molar-refractivity contribution in [1.82, 2.24) is 5.32 Å². The minimum atomic E-state index is -0.147. The largest absolute Gasteiger partial charge is 0.466 e. The van der Waals surface area contributed by atoms with E-state index in [0.717, 1.165) is 0 Å². The van der Waals surface area contributed by atoms with Gasteiger partial charge in [0.25, 0.3) is 0 Å². The molecule has 0 aliphatic heterocycles. The summed E-state index contributed by atoms with van der Waals surface area (Å²) in [5, 5.41) is 7.58. The Bertz CT molecular complexity index is 445. The fourth-order valence-corrected chi connectivity index (χ4v) is 3.51. The Kier molecular flexibility index (Phi) is 5.57. The van der Waals surface area contributed by atoms with Crippen molar-refractivity contribution < 1.29 is 9.53 Å². The van der Waals surface area contributed by atoms with Gasteiger partial charge in [0.05, 0.1) is 19.1 Å². The van der Waals surface area contributed by atoms with Crippen molar-refractivity contribution in [3.63, 3.8) is 0 Å². The Hall–Kier alpha value is -1.17. The highest BCUT2D eigenvalue weighted by Gasteiger charge is 2.16. The predicted octanol–water partition coefficient (Wildman–Crippen LogP) is 3.44. The number of hydrogen-bond donors (Lipinski definition) is 1. The molecule has 0 saturated heterocycles. The molecule has 19 heavy (non-hydrogen) atoms. The van der Waals surface area contributed by atoms with Crippen LogP contribution in [0.5, 0.6) is 0 Å². The first kappa shape index (κ1) is 14.2. The number of hydrogen-bond acceptors (Lipinski definition) is 5. The van der Waals surface area contributed by atoms with Crippen LogP contribution in [0.15, 0.2) is 35.0 Å². The summed E-state index contributed by atoms with van der Waals surface area (Å²) in [5.41, 5.74) is 0. The van der Waals surface area contributed by atoms with Crippen LogP contribution in [-0.4, -0.2) is 19.1 Å². The summed E-state index contributed by atoms with van der Waals surface area (Å²) in [5.74, 6) is -0.147. The third-order valence-electron chi connectivity index (χ3n) is 2.64. The first-order valence-electron chi connectivity index (χ1n) is 6.27. The van der Waals surface area contributed by atoms with Gasteiger partial charge in [-0.2, -0.15) is 0 Å². The summed E-state index contributed by atoms with van der Waals surface area (Å²) in [6.07, 6.45) is 0.404. The number of ether oxygens (including phenoxy) is 1. The van der Waals surface area contributed by atoms with Crippen molar-refractivity contribution >= 4 is 28.6 Å². The van der Waals surface area contributed by atoms with Gasteiger partial charge in [0.1, 0.15) is 0 Å². The molecule has 0 aliphatic rings. The molecular formula is C14H17NO2S2. The third-order valence-corrected chi connectivity index (χ3v) is 4.51. The van der Waals surface area contributed by atoms with Crippen LogP contribution in [0.2, 0.25) is 0 Å². The maximum Gasteiger partial charge on any atom is 0.307 e. The number of carbonyl (C=O) groups is 1. The molecule has 0 spiro atoms. The van der Waals surface area contributed by atoms with Crippen LogP contribution in [0, 0.1) is 0 Å². The minimum Gasteiger partial charge on any atom is -0.466 e. The molecule has 0 fully saturated rings. The average molecular weight is 295 g/mol. The van der Waals surface area contributed by atoms with Crippen LogP contribution in [0.25, 0.3) is 0 Å². The molecule has 2 heterocycles. The smallest absolute Gasteiger partial charge is 0.307 e. The second-order valence-electron chi connectivity index (χ2n) is 3.97. The predicted molar refractivity (Wildman–Crippen MR) is 79.7 cm³/mol. The monoisotopic (exact) mass is 295 g/mol. The number of nitrogens with one attached hydrogen (secondary N) is 1. The van der Waals surface area contributed by atoms with Gasteiger partial charge in [0, 0.05) is 16.3 Å². The molecule has 0 radical (unpaired) electrons. The standard InChI is InChI=1S/C14H17NO2S2/c1-2-17-13(16)7-8-15-14(11-5-3-9-18-11)12-6-4-10-19-12/h3-6,9-10,14-15H,2,7-8H2,1H3. The van der Waals surface area contributed by atoms with E-state index in [2.05, 4.69) is 28.2 Å². The number of thiophene rings is 2. The van der Waals surface area contributed by atoms with E-state index in [9.17, 15) is 4.79 Å². The first-order chi connectivity index (χ1) is 9.31. The van der Waals surface area contributed by atoms with Gasteiger partial charge < -0.3 is 10.1 Å². The summed E-state index contributed by atoms with van der Waals surface area (Å²) in [6.45, 7) is 2.89. The number of carbonyl (C=O) groups excluding carboxylic acids is 1. The highest BCUT2D eigenvalue weighted by molar-refractivity contribution is 7.11. The molecule has 0 bridgehead atoms. The number of esters is 1. The van der Waals surface area contributed by atoms with Crippen LogP contribution >= 0.6 is 22.7 Å². The van der Waals surface area contributed by atoms with Crippen molar-refractivity contribution in [2.45, 2.75) is 19.4 Å². The van der Waals surface area contributed by atoms with Crippen molar-refractivity contribution in [2.75, 3.05) is 13.2 Å². The fraction of sp³-hybridized carbons (Fsp3) is 0.357. The molecule has 2 aromatic heterocycles. The Balaban J connectivity index is 1.94. The molecule has 2 aromatic rings. The van der Waals surface area contributed by atoms with Gasteiger partial charge in [0.15, 0.2) is 0 Å². The van der Waals surface area contributed by atoms with Crippen molar-refractivity contribution in [1.29, 1.82) is 0 Å². The van der Waals surface area contributed by atoms with Crippen LogP contribution in [-0.2, 0) is 9.53 Å². The first-order valence-corrected chi connectivity index (χ1v) is 8.03. The third kappa shape index (κ3) is 4.16. The van der Waals surface area contributed by atoms with Crippen molar-refractivity contribution in [2.24, 2.45) is 0 Å². The van der Waals surface area contributed by atoms with Crippen LogP contribution in [0.3, 0.4) is 0 Å². The molecule has 3 nitrogen and oxygen atoms in total. The molecule has 0 atom stereocenters. The second kappa shape index (κ2) is 7.43. The quantitative estimate of drug-likeness (QED) is 0.795. The molecule has 5 heteroatoms. The Morgan fingerprint density at radius 3 is 2.37 bits per heavy atom. The van der Waals surface area contributed by atoms with E-state index in [0.29, 0.717) is 19.6 Å². The van der Waals surface area contributed by atoms with Crippen LogP contribution < -0.4 is 5.32 Å². The summed E-state index contributed by atoms with van der Waals surface area (Å²) in [7, 11) is 0. The second-order valence-corrected chi connectivity index (χ2v) is 5.93. The van der Waals surface area contributed by atoms with Gasteiger partial charge in [0.2, 0.25) is 0 Å². The van der Waals surface area contributed by atoms with Crippen molar-refractivity contribution in [3.8, 4) is 0 Å². The molecular weight excluding hydrogens is 278 g/mol. The van der Waals surface area contributed by atoms with Crippen LogP contribution in [0.1, 0.15) is 29.1 Å². The van der Waals surface area contributed by atoms with E-state index in [1.807, 2.05) is 19.1 Å². The molecule has 0 amide bonds. The average Bonchev–Trinajstić information content (AvgIpc) is 3.08. The van der Waals surface area contributed by atoms with Gasteiger partial charge >= 0.3 is 5.97 Å². The summed E-state index contributed by atoms with van der Waals surface area (Å²) < 4.78 is 4.93. The number of rotatable bonds is 7. The summed E-state index contributed by atoms with van der Waals surface area (Å²) >= 11 is 3.45. The lowest BCUT2D eigenvalue weighted by Gasteiger charge is -2.15. The zero-order valence-electron chi connectivity index (χ0n) is 10.8. The highest BCUT2D eigenvalue weighted by Crippen LogP contribution is 2.28.